The summed E-state index contributed by atoms with van der Waals surface area (Å²) in [5.74, 6) is 7.20. The number of rotatable bonds is 3. The largest absolute Gasteiger partial charge is 0.462 e. The minimum Gasteiger partial charge on any atom is -0.462 e. The van der Waals surface area contributed by atoms with Crippen LogP contribution in [0.4, 0.5) is 0 Å². The van der Waals surface area contributed by atoms with Gasteiger partial charge in [-0.3, -0.25) is 4.90 Å². The maximum absolute atomic E-state index is 8.21. The molecule has 0 aliphatic heterocycles. The van der Waals surface area contributed by atoms with Crippen LogP contribution in [0.25, 0.3) is 0 Å². The molecule has 0 aromatic rings. The fourth-order valence-electron chi connectivity index (χ4n) is 0.609. The maximum Gasteiger partial charge on any atom is 0.108 e. The number of hydrogen-bond acceptors (Lipinski definition) is 4. The number of aliphatic hydroxyl groups is 3. The molecule has 0 saturated heterocycles. The van der Waals surface area contributed by atoms with Gasteiger partial charge in [0, 0.05) is 0 Å². The highest BCUT2D eigenvalue weighted by molar-refractivity contribution is 5.03. The van der Waals surface area contributed by atoms with Gasteiger partial charge in [0.1, 0.15) is 18.3 Å². The minimum absolute atomic E-state index is 0.278. The van der Waals surface area contributed by atoms with E-state index < -0.39 is 0 Å². The Balaban J connectivity index is 4.01. The minimum atomic E-state index is 0.278. The summed E-state index contributed by atoms with van der Waals surface area (Å²) in [6, 6.07) is 0. The molecule has 0 amide bonds. The average Bonchev–Trinajstić information content (AvgIpc) is 2.17. The van der Waals surface area contributed by atoms with Crippen LogP contribution >= 0.6 is 0 Å². The molecule has 0 heterocycles. The number of nitrogens with zero attached hydrogens (tertiary/aromatic N) is 1. The number of aliphatic hydroxyl groups excluding tert-OH is 3. The van der Waals surface area contributed by atoms with E-state index in [1.54, 1.807) is 23.2 Å². The fourth-order valence-corrected chi connectivity index (χ4v) is 0.609. The molecule has 0 fully saturated rings. The highest BCUT2D eigenvalue weighted by Crippen LogP contribution is 1.83. The molecular weight excluding hydrogens is 170 g/mol. The summed E-state index contributed by atoms with van der Waals surface area (Å²) < 4.78 is 0. The molecule has 13 heavy (non-hydrogen) atoms. The monoisotopic (exact) mass is 179 g/mol. The van der Waals surface area contributed by atoms with Crippen molar-refractivity contribution in [3.05, 3.63) is 0 Å². The van der Waals surface area contributed by atoms with Crippen molar-refractivity contribution < 1.29 is 15.3 Å². The third-order valence-corrected chi connectivity index (χ3v) is 1.15. The predicted octanol–water partition coefficient (Wildman–Crippen LogP) is -0.711. The van der Waals surface area contributed by atoms with Gasteiger partial charge in [0.25, 0.3) is 0 Å². The molecule has 0 spiro atoms. The van der Waals surface area contributed by atoms with Gasteiger partial charge >= 0.3 is 0 Å². The van der Waals surface area contributed by atoms with E-state index in [9.17, 15) is 0 Å². The van der Waals surface area contributed by atoms with E-state index in [1.165, 1.54) is 0 Å². The average molecular weight is 179 g/mol. The van der Waals surface area contributed by atoms with E-state index in [2.05, 4.69) is 17.8 Å². The second kappa shape index (κ2) is 8.14. The SMILES string of the molecule is OC#CCN(CC#CO)CC#CO. The molecule has 3 N–H and O–H groups in total. The highest BCUT2D eigenvalue weighted by atomic mass is 16.2. The Morgan fingerprint density at radius 1 is 0.692 bits per heavy atom. The van der Waals surface area contributed by atoms with E-state index >= 15 is 0 Å². The molecular formula is C9H9NO3. The highest BCUT2D eigenvalue weighted by Gasteiger charge is 1.97. The molecule has 0 unspecified atom stereocenters. The van der Waals surface area contributed by atoms with Gasteiger partial charge < -0.3 is 15.3 Å². The van der Waals surface area contributed by atoms with Crippen molar-refractivity contribution in [3.63, 3.8) is 0 Å². The molecule has 0 rings (SSSR count). The summed E-state index contributed by atoms with van der Waals surface area (Å²) in [4.78, 5) is 1.63. The van der Waals surface area contributed by atoms with Crippen LogP contribution in [0.3, 0.4) is 0 Å². The van der Waals surface area contributed by atoms with Crippen molar-refractivity contribution in [1.82, 2.24) is 4.90 Å². The van der Waals surface area contributed by atoms with Gasteiger partial charge in [-0.15, -0.1) is 0 Å². The zero-order chi connectivity index (χ0) is 9.94. The number of hydrogen-bond donors (Lipinski definition) is 3. The summed E-state index contributed by atoms with van der Waals surface area (Å²) in [6.45, 7) is 0.833. The predicted molar refractivity (Wildman–Crippen MR) is 45.6 cm³/mol. The third kappa shape index (κ3) is 6.44. The van der Waals surface area contributed by atoms with E-state index in [0.29, 0.717) is 0 Å². The van der Waals surface area contributed by atoms with Gasteiger partial charge in [-0.25, -0.2) is 0 Å². The Hall–Kier alpha value is -1.96. The van der Waals surface area contributed by atoms with Crippen LogP contribution in [0, 0.1) is 36.1 Å². The first-order valence-corrected chi connectivity index (χ1v) is 3.43. The first-order valence-electron chi connectivity index (χ1n) is 3.43. The molecule has 0 aromatic carbocycles. The first-order chi connectivity index (χ1) is 6.35. The topological polar surface area (TPSA) is 63.9 Å². The van der Waals surface area contributed by atoms with Crippen LogP contribution in [0.15, 0.2) is 0 Å². The van der Waals surface area contributed by atoms with E-state index in [4.69, 9.17) is 15.3 Å². The molecule has 0 radical (unpaired) electrons. The van der Waals surface area contributed by atoms with Crippen LogP contribution < -0.4 is 0 Å². The summed E-state index contributed by atoms with van der Waals surface area (Å²) in [5, 5.41) is 24.6. The Bertz CT molecular complexity index is 253. The maximum atomic E-state index is 8.21. The van der Waals surface area contributed by atoms with Gasteiger partial charge in [-0.05, 0) is 17.8 Å². The Morgan fingerprint density at radius 3 is 1.23 bits per heavy atom. The van der Waals surface area contributed by atoms with Crippen molar-refractivity contribution in [3.8, 4) is 36.1 Å². The smallest absolute Gasteiger partial charge is 0.108 e. The first kappa shape index (κ1) is 11.0. The zero-order valence-corrected chi connectivity index (χ0v) is 6.91. The van der Waals surface area contributed by atoms with Crippen molar-refractivity contribution in [2.24, 2.45) is 0 Å². The van der Waals surface area contributed by atoms with Crippen molar-refractivity contribution >= 4 is 0 Å². The van der Waals surface area contributed by atoms with Crippen LogP contribution in [0.2, 0.25) is 0 Å². The van der Waals surface area contributed by atoms with Gasteiger partial charge in [0.05, 0.1) is 19.6 Å². The quantitative estimate of drug-likeness (QED) is 0.501. The summed E-state index contributed by atoms with van der Waals surface area (Å²) in [6.07, 6.45) is 5.21. The van der Waals surface area contributed by atoms with Gasteiger partial charge in [0.2, 0.25) is 0 Å². The van der Waals surface area contributed by atoms with Gasteiger partial charge in [-0.1, -0.05) is 0 Å². The Labute approximate surface area is 76.8 Å². The second-order valence-corrected chi connectivity index (χ2v) is 2.01. The van der Waals surface area contributed by atoms with Gasteiger partial charge in [0.15, 0.2) is 0 Å². The molecule has 68 valence electrons. The van der Waals surface area contributed by atoms with Crippen LogP contribution in [0.1, 0.15) is 0 Å². The molecule has 4 nitrogen and oxygen atoms in total. The molecule has 0 bridgehead atoms. The lowest BCUT2D eigenvalue weighted by atomic mass is 10.4. The molecule has 0 atom stereocenters. The van der Waals surface area contributed by atoms with E-state index in [-0.39, 0.29) is 19.6 Å². The standard InChI is InChI=1S/C9H9NO3/c11-7-1-4-10(5-2-8-12)6-3-9-13/h11-13H,4-6H2. The fraction of sp³-hybridized carbons (Fsp3) is 0.333. The normalized spacial score (nSPS) is 7.15. The van der Waals surface area contributed by atoms with E-state index in [1.807, 2.05) is 0 Å². The summed E-state index contributed by atoms with van der Waals surface area (Å²) >= 11 is 0. The Kier molecular flexibility index (Phi) is 6.91. The molecule has 0 aromatic heterocycles. The molecule has 0 aliphatic rings. The van der Waals surface area contributed by atoms with Crippen molar-refractivity contribution in [2.45, 2.75) is 0 Å². The van der Waals surface area contributed by atoms with Gasteiger partial charge in [-0.2, -0.15) is 0 Å². The van der Waals surface area contributed by atoms with Crippen molar-refractivity contribution in [1.29, 1.82) is 0 Å². The molecule has 4 heteroatoms. The lowest BCUT2D eigenvalue weighted by molar-refractivity contribution is 0.384. The Morgan fingerprint density at radius 2 is 1.00 bits per heavy atom. The third-order valence-electron chi connectivity index (χ3n) is 1.15. The lowest BCUT2D eigenvalue weighted by Crippen LogP contribution is -2.25. The van der Waals surface area contributed by atoms with Crippen LogP contribution in [-0.4, -0.2) is 39.9 Å². The zero-order valence-electron chi connectivity index (χ0n) is 6.91. The van der Waals surface area contributed by atoms with Crippen molar-refractivity contribution in [2.75, 3.05) is 19.6 Å². The second-order valence-electron chi connectivity index (χ2n) is 2.01. The molecule has 0 saturated carbocycles. The van der Waals surface area contributed by atoms with E-state index in [0.717, 1.165) is 0 Å². The lowest BCUT2D eigenvalue weighted by Gasteiger charge is -2.11. The van der Waals surface area contributed by atoms with Crippen LogP contribution in [-0.2, 0) is 0 Å². The summed E-state index contributed by atoms with van der Waals surface area (Å²) in [7, 11) is 0. The molecule has 0 aliphatic carbocycles. The van der Waals surface area contributed by atoms with Crippen LogP contribution in [0.5, 0.6) is 0 Å². The summed E-state index contributed by atoms with van der Waals surface area (Å²) in [5.41, 5.74) is 0.